The Kier molecular flexibility index (Phi) is 4.61. The van der Waals surface area contributed by atoms with Crippen molar-refractivity contribution < 1.29 is 17.6 Å². The van der Waals surface area contributed by atoms with Crippen LogP contribution >= 0.6 is 0 Å². The van der Waals surface area contributed by atoms with Crippen molar-refractivity contribution in [1.29, 1.82) is 0 Å². The molecule has 4 unspecified atom stereocenters. The van der Waals surface area contributed by atoms with Crippen molar-refractivity contribution in [3.63, 3.8) is 0 Å². The van der Waals surface area contributed by atoms with E-state index in [-0.39, 0.29) is 5.92 Å². The molecule has 0 aliphatic heterocycles. The number of nitrogens with two attached hydrogens (primary N) is 1. The molecule has 1 fully saturated rings. The normalized spacial score (nSPS) is 28.4. The molecule has 4 atom stereocenters. The van der Waals surface area contributed by atoms with Gasteiger partial charge in [-0.15, -0.1) is 0 Å². The van der Waals surface area contributed by atoms with Crippen molar-refractivity contribution in [3.8, 4) is 0 Å². The number of rotatable bonds is 2. The molecule has 0 bridgehead atoms. The summed E-state index contributed by atoms with van der Waals surface area (Å²) in [6.07, 6.45) is -1.84. The number of hydrogen-bond donors (Lipinski definition) is 1. The summed E-state index contributed by atoms with van der Waals surface area (Å²) in [5.41, 5.74) is 5.29. The standard InChI is InChI=1S/C16H21F4N/c1-9-3-4-11(7-10(9)2)15(21)12-5-6-14(17)13(8-12)16(18,19)20/h5-6,8-11,15H,3-4,7,21H2,1-2H3. The van der Waals surface area contributed by atoms with Crippen molar-refractivity contribution in [2.24, 2.45) is 23.5 Å². The van der Waals surface area contributed by atoms with Gasteiger partial charge in [-0.1, -0.05) is 26.3 Å². The minimum Gasteiger partial charge on any atom is -0.324 e. The van der Waals surface area contributed by atoms with Crippen LogP contribution in [0.2, 0.25) is 0 Å². The minimum atomic E-state index is -4.69. The predicted octanol–water partition coefficient (Wildman–Crippen LogP) is 4.92. The third-order valence-electron chi connectivity index (χ3n) is 4.83. The van der Waals surface area contributed by atoms with Crippen LogP contribution in [0, 0.1) is 23.6 Å². The first kappa shape index (κ1) is 16.3. The number of hydrogen-bond acceptors (Lipinski definition) is 1. The van der Waals surface area contributed by atoms with Crippen LogP contribution in [0.3, 0.4) is 0 Å². The van der Waals surface area contributed by atoms with Crippen LogP contribution in [0.25, 0.3) is 0 Å². The van der Waals surface area contributed by atoms with Gasteiger partial charge in [0.05, 0.1) is 5.56 Å². The quantitative estimate of drug-likeness (QED) is 0.771. The van der Waals surface area contributed by atoms with E-state index in [1.807, 2.05) is 0 Å². The molecule has 21 heavy (non-hydrogen) atoms. The number of alkyl halides is 3. The van der Waals surface area contributed by atoms with Gasteiger partial charge in [0.25, 0.3) is 0 Å². The van der Waals surface area contributed by atoms with E-state index in [1.165, 1.54) is 6.07 Å². The van der Waals surface area contributed by atoms with Gasteiger partial charge >= 0.3 is 6.18 Å². The van der Waals surface area contributed by atoms with Gasteiger partial charge in [0.2, 0.25) is 0 Å². The lowest BCUT2D eigenvalue weighted by Gasteiger charge is -2.35. The van der Waals surface area contributed by atoms with Crippen LogP contribution in [0.5, 0.6) is 0 Å². The maximum Gasteiger partial charge on any atom is 0.419 e. The third kappa shape index (κ3) is 3.57. The van der Waals surface area contributed by atoms with Crippen molar-refractivity contribution in [2.75, 3.05) is 0 Å². The van der Waals surface area contributed by atoms with Crippen molar-refractivity contribution in [3.05, 3.63) is 35.1 Å². The Morgan fingerprint density at radius 3 is 2.38 bits per heavy atom. The lowest BCUT2D eigenvalue weighted by molar-refractivity contribution is -0.140. The van der Waals surface area contributed by atoms with E-state index in [4.69, 9.17) is 5.73 Å². The van der Waals surface area contributed by atoms with Crippen LogP contribution in [0.1, 0.15) is 50.3 Å². The molecule has 1 aromatic rings. The number of halogens is 4. The highest BCUT2D eigenvalue weighted by Gasteiger charge is 2.35. The lowest BCUT2D eigenvalue weighted by Crippen LogP contribution is -2.29. The molecule has 118 valence electrons. The Morgan fingerprint density at radius 1 is 1.14 bits per heavy atom. The Hall–Kier alpha value is -1.10. The Bertz CT molecular complexity index is 498. The topological polar surface area (TPSA) is 26.0 Å². The highest BCUT2D eigenvalue weighted by Crippen LogP contribution is 2.40. The van der Waals surface area contributed by atoms with Gasteiger partial charge in [-0.25, -0.2) is 4.39 Å². The van der Waals surface area contributed by atoms with Gasteiger partial charge in [0, 0.05) is 6.04 Å². The summed E-state index contributed by atoms with van der Waals surface area (Å²) >= 11 is 0. The van der Waals surface area contributed by atoms with Crippen molar-refractivity contribution in [2.45, 2.75) is 45.3 Å². The van der Waals surface area contributed by atoms with E-state index in [2.05, 4.69) is 13.8 Å². The zero-order chi connectivity index (χ0) is 15.8. The smallest absolute Gasteiger partial charge is 0.324 e. The van der Waals surface area contributed by atoms with E-state index in [0.717, 1.165) is 31.4 Å². The molecule has 1 aliphatic carbocycles. The fraction of sp³-hybridized carbons (Fsp3) is 0.625. The zero-order valence-electron chi connectivity index (χ0n) is 12.3. The molecule has 2 rings (SSSR count). The first-order valence-electron chi connectivity index (χ1n) is 7.32. The van der Waals surface area contributed by atoms with E-state index >= 15 is 0 Å². The largest absolute Gasteiger partial charge is 0.419 e. The Balaban J connectivity index is 2.22. The molecular weight excluding hydrogens is 282 g/mol. The summed E-state index contributed by atoms with van der Waals surface area (Å²) in [7, 11) is 0. The first-order valence-corrected chi connectivity index (χ1v) is 7.32. The second-order valence-corrected chi connectivity index (χ2v) is 6.29. The summed E-state index contributed by atoms with van der Waals surface area (Å²) < 4.78 is 51.6. The monoisotopic (exact) mass is 303 g/mol. The van der Waals surface area contributed by atoms with Gasteiger partial charge < -0.3 is 5.73 Å². The molecule has 5 heteroatoms. The van der Waals surface area contributed by atoms with Crippen LogP contribution < -0.4 is 5.73 Å². The molecule has 0 radical (unpaired) electrons. The van der Waals surface area contributed by atoms with Gasteiger partial charge in [-0.3, -0.25) is 0 Å². The molecule has 1 nitrogen and oxygen atoms in total. The summed E-state index contributed by atoms with van der Waals surface area (Å²) in [6.45, 7) is 4.33. The molecular formula is C16H21F4N. The summed E-state index contributed by atoms with van der Waals surface area (Å²) in [6, 6.07) is 2.63. The van der Waals surface area contributed by atoms with Crippen LogP contribution in [0.15, 0.2) is 18.2 Å². The predicted molar refractivity (Wildman–Crippen MR) is 74.0 cm³/mol. The molecule has 2 N–H and O–H groups in total. The third-order valence-corrected chi connectivity index (χ3v) is 4.83. The van der Waals surface area contributed by atoms with Crippen molar-refractivity contribution >= 4 is 0 Å². The van der Waals surface area contributed by atoms with E-state index in [0.29, 0.717) is 17.4 Å². The summed E-state index contributed by atoms with van der Waals surface area (Å²) in [4.78, 5) is 0. The molecule has 1 saturated carbocycles. The highest BCUT2D eigenvalue weighted by molar-refractivity contribution is 5.29. The summed E-state index contributed by atoms with van der Waals surface area (Å²) in [5, 5.41) is 0. The molecule has 0 saturated heterocycles. The summed E-state index contributed by atoms with van der Waals surface area (Å²) in [5.74, 6) is 0.0385. The molecule has 0 spiro atoms. The van der Waals surface area contributed by atoms with E-state index in [1.54, 1.807) is 0 Å². The van der Waals surface area contributed by atoms with Gasteiger partial charge in [-0.05, 0) is 48.3 Å². The van der Waals surface area contributed by atoms with Crippen LogP contribution in [0.4, 0.5) is 17.6 Å². The maximum absolute atomic E-state index is 13.3. The second kappa shape index (κ2) is 5.95. The maximum atomic E-state index is 13.3. The van der Waals surface area contributed by atoms with Gasteiger partial charge in [0.1, 0.15) is 5.82 Å². The molecule has 0 amide bonds. The SMILES string of the molecule is CC1CCC(C(N)c2ccc(F)c(C(F)(F)F)c2)CC1C. The fourth-order valence-corrected chi connectivity index (χ4v) is 3.15. The van der Waals surface area contributed by atoms with E-state index in [9.17, 15) is 17.6 Å². The average Bonchev–Trinajstić information content (AvgIpc) is 2.40. The van der Waals surface area contributed by atoms with Crippen LogP contribution in [-0.2, 0) is 6.18 Å². The molecule has 0 heterocycles. The zero-order valence-corrected chi connectivity index (χ0v) is 12.3. The molecule has 1 aromatic carbocycles. The molecule has 0 aromatic heterocycles. The molecule has 1 aliphatic rings. The number of benzene rings is 1. The second-order valence-electron chi connectivity index (χ2n) is 6.29. The van der Waals surface area contributed by atoms with Gasteiger partial charge in [-0.2, -0.15) is 13.2 Å². The van der Waals surface area contributed by atoms with Crippen LogP contribution in [-0.4, -0.2) is 0 Å². The van der Waals surface area contributed by atoms with Gasteiger partial charge in [0.15, 0.2) is 0 Å². The Labute approximate surface area is 122 Å². The first-order chi connectivity index (χ1) is 9.70. The average molecular weight is 303 g/mol. The van der Waals surface area contributed by atoms with Crippen molar-refractivity contribution in [1.82, 2.24) is 0 Å². The fourth-order valence-electron chi connectivity index (χ4n) is 3.15. The minimum absolute atomic E-state index is 0.155. The lowest BCUT2D eigenvalue weighted by atomic mass is 9.72. The van der Waals surface area contributed by atoms with E-state index < -0.39 is 23.6 Å². The highest BCUT2D eigenvalue weighted by atomic mass is 19.4. The Morgan fingerprint density at radius 2 is 1.81 bits per heavy atom.